The number of benzene rings is 1. The van der Waals surface area contributed by atoms with Crippen molar-refractivity contribution >= 4 is 17.3 Å². The molecule has 0 amide bonds. The molecular weight excluding hydrogens is 316 g/mol. The maximum atomic E-state index is 11.2. The molecule has 0 spiro atoms. The SMILES string of the molecule is O=C(O)c1ccc2c(c1)OCCN2c1cc(C2CC2)nc(C2CC2)c1. The summed E-state index contributed by atoms with van der Waals surface area (Å²) in [5.74, 6) is 0.947. The summed E-state index contributed by atoms with van der Waals surface area (Å²) in [7, 11) is 0. The minimum atomic E-state index is -0.931. The van der Waals surface area contributed by atoms with Gasteiger partial charge in [-0.05, 0) is 56.0 Å². The summed E-state index contributed by atoms with van der Waals surface area (Å²) in [6.45, 7) is 1.31. The summed E-state index contributed by atoms with van der Waals surface area (Å²) in [6.07, 6.45) is 4.95. The van der Waals surface area contributed by atoms with Crippen LogP contribution in [-0.4, -0.2) is 29.2 Å². The van der Waals surface area contributed by atoms with Gasteiger partial charge in [0.15, 0.2) is 0 Å². The number of hydrogen-bond acceptors (Lipinski definition) is 4. The summed E-state index contributed by atoms with van der Waals surface area (Å²) in [5.41, 5.74) is 4.79. The smallest absolute Gasteiger partial charge is 0.335 e. The number of rotatable bonds is 4. The van der Waals surface area contributed by atoms with Gasteiger partial charge in [0, 0.05) is 28.9 Å². The third-order valence-electron chi connectivity index (χ3n) is 5.22. The highest BCUT2D eigenvalue weighted by Gasteiger charge is 2.31. The average Bonchev–Trinajstić information content (AvgIpc) is 3.52. The number of anilines is 2. The Labute approximate surface area is 146 Å². The fraction of sp³-hybridized carbons (Fsp3) is 0.400. The number of aromatic carboxylic acids is 1. The van der Waals surface area contributed by atoms with Gasteiger partial charge in [0.05, 0.1) is 17.8 Å². The first kappa shape index (κ1) is 14.8. The molecule has 3 aliphatic rings. The van der Waals surface area contributed by atoms with Crippen LogP contribution in [0.2, 0.25) is 0 Å². The Hall–Kier alpha value is -2.56. The molecule has 0 unspecified atom stereocenters. The molecule has 1 aliphatic heterocycles. The molecule has 2 heterocycles. The molecule has 0 saturated heterocycles. The maximum absolute atomic E-state index is 11.2. The van der Waals surface area contributed by atoms with Crippen LogP contribution in [0.25, 0.3) is 0 Å². The molecule has 2 saturated carbocycles. The highest BCUT2D eigenvalue weighted by molar-refractivity contribution is 5.89. The van der Waals surface area contributed by atoms with Crippen molar-refractivity contribution in [3.05, 3.63) is 47.3 Å². The molecule has 2 fully saturated rings. The van der Waals surface area contributed by atoms with E-state index in [9.17, 15) is 9.90 Å². The lowest BCUT2D eigenvalue weighted by molar-refractivity contribution is 0.0696. The van der Waals surface area contributed by atoms with Crippen molar-refractivity contribution in [2.75, 3.05) is 18.1 Å². The van der Waals surface area contributed by atoms with E-state index in [0.29, 0.717) is 24.2 Å². The van der Waals surface area contributed by atoms with E-state index in [2.05, 4.69) is 17.0 Å². The first-order valence-electron chi connectivity index (χ1n) is 8.98. The van der Waals surface area contributed by atoms with Crippen LogP contribution in [-0.2, 0) is 0 Å². The Morgan fingerprint density at radius 2 is 1.76 bits per heavy atom. The lowest BCUT2D eigenvalue weighted by Gasteiger charge is -2.32. The fourth-order valence-electron chi connectivity index (χ4n) is 3.51. The monoisotopic (exact) mass is 336 g/mol. The van der Waals surface area contributed by atoms with Gasteiger partial charge in [-0.3, -0.25) is 4.98 Å². The van der Waals surface area contributed by atoms with E-state index in [1.54, 1.807) is 12.1 Å². The Morgan fingerprint density at radius 3 is 2.36 bits per heavy atom. The van der Waals surface area contributed by atoms with Crippen LogP contribution < -0.4 is 9.64 Å². The molecule has 25 heavy (non-hydrogen) atoms. The zero-order valence-electron chi connectivity index (χ0n) is 13.9. The van der Waals surface area contributed by atoms with Crippen LogP contribution in [0.15, 0.2) is 30.3 Å². The Bertz CT molecular complexity index is 826. The van der Waals surface area contributed by atoms with E-state index in [0.717, 1.165) is 17.9 Å². The molecule has 0 atom stereocenters. The first-order valence-corrected chi connectivity index (χ1v) is 8.98. The number of carbonyl (C=O) groups is 1. The van der Waals surface area contributed by atoms with Crippen molar-refractivity contribution < 1.29 is 14.6 Å². The lowest BCUT2D eigenvalue weighted by atomic mass is 10.1. The second kappa shape index (κ2) is 5.48. The molecule has 128 valence electrons. The highest BCUT2D eigenvalue weighted by atomic mass is 16.5. The fourth-order valence-corrected chi connectivity index (χ4v) is 3.51. The van der Waals surface area contributed by atoms with E-state index in [4.69, 9.17) is 9.72 Å². The van der Waals surface area contributed by atoms with Crippen LogP contribution in [0.4, 0.5) is 11.4 Å². The number of ether oxygens (including phenoxy) is 1. The van der Waals surface area contributed by atoms with E-state index in [-0.39, 0.29) is 5.56 Å². The third kappa shape index (κ3) is 2.73. The lowest BCUT2D eigenvalue weighted by Crippen LogP contribution is -2.29. The van der Waals surface area contributed by atoms with E-state index < -0.39 is 5.97 Å². The first-order chi connectivity index (χ1) is 12.2. The van der Waals surface area contributed by atoms with E-state index in [1.165, 1.54) is 37.1 Å². The summed E-state index contributed by atoms with van der Waals surface area (Å²) < 4.78 is 5.73. The average molecular weight is 336 g/mol. The van der Waals surface area contributed by atoms with Gasteiger partial charge in [-0.15, -0.1) is 0 Å². The molecule has 5 heteroatoms. The summed E-state index contributed by atoms with van der Waals surface area (Å²) in [4.78, 5) is 18.4. The number of carboxylic acid groups (broad SMARTS) is 1. The van der Waals surface area contributed by atoms with Gasteiger partial charge in [0.25, 0.3) is 0 Å². The second-order valence-electron chi connectivity index (χ2n) is 7.21. The second-order valence-corrected chi connectivity index (χ2v) is 7.21. The zero-order chi connectivity index (χ0) is 17.0. The van der Waals surface area contributed by atoms with E-state index in [1.807, 2.05) is 6.07 Å². The molecule has 1 aromatic carbocycles. The van der Waals surface area contributed by atoms with Crippen molar-refractivity contribution in [1.82, 2.24) is 4.98 Å². The molecule has 2 aliphatic carbocycles. The van der Waals surface area contributed by atoms with Gasteiger partial charge in [0.1, 0.15) is 12.4 Å². The van der Waals surface area contributed by atoms with Gasteiger partial charge >= 0.3 is 5.97 Å². The predicted molar refractivity (Wildman–Crippen MR) is 94.1 cm³/mol. The zero-order valence-corrected chi connectivity index (χ0v) is 13.9. The van der Waals surface area contributed by atoms with Crippen LogP contribution >= 0.6 is 0 Å². The molecule has 5 nitrogen and oxygen atoms in total. The molecule has 0 bridgehead atoms. The van der Waals surface area contributed by atoms with Gasteiger partial charge < -0.3 is 14.7 Å². The van der Waals surface area contributed by atoms with Crippen LogP contribution in [0, 0.1) is 0 Å². The number of carboxylic acids is 1. The number of nitrogens with zero attached hydrogens (tertiary/aromatic N) is 2. The van der Waals surface area contributed by atoms with Crippen molar-refractivity contribution in [3.8, 4) is 5.75 Å². The van der Waals surface area contributed by atoms with Crippen LogP contribution in [0.5, 0.6) is 5.75 Å². The van der Waals surface area contributed by atoms with Gasteiger partial charge in [0.2, 0.25) is 0 Å². The van der Waals surface area contributed by atoms with E-state index >= 15 is 0 Å². The molecule has 0 radical (unpaired) electrons. The van der Waals surface area contributed by atoms with Gasteiger partial charge in [-0.25, -0.2) is 4.79 Å². The molecular formula is C20H20N2O3. The molecule has 2 aromatic rings. The molecule has 1 aromatic heterocycles. The van der Waals surface area contributed by atoms with Crippen molar-refractivity contribution in [1.29, 1.82) is 0 Å². The molecule has 1 N–H and O–H groups in total. The van der Waals surface area contributed by atoms with Crippen molar-refractivity contribution in [3.63, 3.8) is 0 Å². The van der Waals surface area contributed by atoms with Crippen molar-refractivity contribution in [2.45, 2.75) is 37.5 Å². The molecule has 5 rings (SSSR count). The Morgan fingerprint density at radius 1 is 1.08 bits per heavy atom. The van der Waals surface area contributed by atoms with Crippen LogP contribution in [0.1, 0.15) is 59.3 Å². The minimum absolute atomic E-state index is 0.257. The van der Waals surface area contributed by atoms with Gasteiger partial charge in [-0.2, -0.15) is 0 Å². The largest absolute Gasteiger partial charge is 0.490 e. The normalized spacial score (nSPS) is 19.3. The number of hydrogen-bond donors (Lipinski definition) is 1. The maximum Gasteiger partial charge on any atom is 0.335 e. The topological polar surface area (TPSA) is 62.7 Å². The highest BCUT2D eigenvalue weighted by Crippen LogP contribution is 2.46. The Kier molecular flexibility index (Phi) is 3.23. The predicted octanol–water partition coefficient (Wildman–Crippen LogP) is 4.07. The Balaban J connectivity index is 1.57. The summed E-state index contributed by atoms with van der Waals surface area (Å²) in [6, 6.07) is 9.54. The van der Waals surface area contributed by atoms with Crippen LogP contribution in [0.3, 0.4) is 0 Å². The number of pyridine rings is 1. The minimum Gasteiger partial charge on any atom is -0.490 e. The third-order valence-corrected chi connectivity index (χ3v) is 5.22. The summed E-state index contributed by atoms with van der Waals surface area (Å²) in [5, 5.41) is 9.20. The van der Waals surface area contributed by atoms with Gasteiger partial charge in [-0.1, -0.05) is 0 Å². The standard InChI is InChI=1S/C20H20N2O3/c23-20(24)14-5-6-18-19(9-14)25-8-7-22(18)15-10-16(12-1-2-12)21-17(11-15)13-3-4-13/h5-6,9-13H,1-4,7-8H2,(H,23,24). The summed E-state index contributed by atoms with van der Waals surface area (Å²) >= 11 is 0. The quantitative estimate of drug-likeness (QED) is 0.912. The number of fused-ring (bicyclic) bond motifs is 1. The number of aromatic nitrogens is 1. The van der Waals surface area contributed by atoms with Crippen molar-refractivity contribution in [2.24, 2.45) is 0 Å².